The van der Waals surface area contributed by atoms with Crippen molar-refractivity contribution in [2.45, 2.75) is 0 Å². The van der Waals surface area contributed by atoms with Crippen LogP contribution in [0.15, 0.2) is 54.6 Å². The van der Waals surface area contributed by atoms with Gasteiger partial charge in [-0.1, -0.05) is 6.07 Å². The van der Waals surface area contributed by atoms with E-state index in [1.54, 1.807) is 38.4 Å². The van der Waals surface area contributed by atoms with Crippen LogP contribution in [0.4, 0.5) is 30.6 Å². The maximum Gasteiger partial charge on any atom is 0.321 e. The number of hydrogen-bond donors (Lipinski definition) is 3. The molecule has 0 aromatic heterocycles. The molecule has 0 fully saturated rings. The lowest BCUT2D eigenvalue weighted by Gasteiger charge is -2.16. The van der Waals surface area contributed by atoms with Gasteiger partial charge in [0.1, 0.15) is 28.7 Å². The number of hydrogen-bond acceptors (Lipinski definition) is 4. The van der Waals surface area contributed by atoms with Crippen molar-refractivity contribution in [2.75, 3.05) is 24.7 Å². The Kier molecular flexibility index (Phi) is 7.13. The minimum atomic E-state index is -0.898. The molecule has 0 saturated carbocycles. The highest BCUT2D eigenvalue weighted by atomic mass is 127. The van der Waals surface area contributed by atoms with Crippen LogP contribution in [0.5, 0.6) is 11.5 Å². The fourth-order valence-electron chi connectivity index (χ4n) is 2.75. The maximum absolute atomic E-state index is 14.4. The number of nitrogens with one attached hydrogen (secondary N) is 2. The van der Waals surface area contributed by atoms with E-state index < -0.39 is 17.5 Å². The highest BCUT2D eigenvalue weighted by molar-refractivity contribution is 14.1. The quantitative estimate of drug-likeness (QED) is 0.362. The number of nitrogens with zero attached hydrogens (tertiary/aromatic N) is 1. The topological polar surface area (TPSA) is 96.7 Å². The monoisotopic (exact) mass is 552 g/mol. The molecule has 0 atom stereocenters. The van der Waals surface area contributed by atoms with Gasteiger partial charge >= 0.3 is 6.03 Å². The second kappa shape index (κ2) is 9.81. The van der Waals surface area contributed by atoms with E-state index in [-0.39, 0.29) is 34.5 Å². The van der Waals surface area contributed by atoms with Crippen LogP contribution in [0, 0.1) is 15.2 Å². The lowest BCUT2D eigenvalue weighted by atomic mass is 10.1. The summed E-state index contributed by atoms with van der Waals surface area (Å²) in [6.07, 6.45) is 0. The summed E-state index contributed by atoms with van der Waals surface area (Å²) in [7, 11) is 3.18. The summed E-state index contributed by atoms with van der Waals surface area (Å²) >= 11 is 1.96. The molecule has 4 N–H and O–H groups in total. The first-order valence-electron chi connectivity index (χ1n) is 9.25. The zero-order chi connectivity index (χ0) is 23.4. The molecule has 0 spiro atoms. The van der Waals surface area contributed by atoms with Gasteiger partial charge in [-0.05, 0) is 59.0 Å². The number of urea groups is 1. The third-order valence-corrected chi connectivity index (χ3v) is 4.90. The number of anilines is 3. The summed E-state index contributed by atoms with van der Waals surface area (Å²) in [6, 6.07) is 12.4. The molecule has 0 aliphatic carbocycles. The van der Waals surface area contributed by atoms with E-state index in [1.165, 1.54) is 23.1 Å². The molecule has 7 nitrogen and oxygen atoms in total. The Bertz CT molecular complexity index is 1190. The third-order valence-electron chi connectivity index (χ3n) is 4.23. The van der Waals surface area contributed by atoms with Crippen LogP contribution in [0.3, 0.4) is 0 Å². The molecular formula is C22H19F2IN4O3. The number of benzene rings is 3. The first-order valence-corrected chi connectivity index (χ1v) is 10.3. The zero-order valence-corrected chi connectivity index (χ0v) is 19.2. The summed E-state index contributed by atoms with van der Waals surface area (Å²) in [5, 5.41) is 5.36. The average molecular weight is 552 g/mol. The first kappa shape index (κ1) is 23.3. The Hall–Kier alpha value is -3.41. The third kappa shape index (κ3) is 5.63. The van der Waals surface area contributed by atoms with Crippen molar-refractivity contribution in [3.63, 3.8) is 0 Å². The molecule has 3 rings (SSSR count). The van der Waals surface area contributed by atoms with Crippen LogP contribution in [0.25, 0.3) is 0 Å². The van der Waals surface area contributed by atoms with Crippen molar-refractivity contribution >= 4 is 51.6 Å². The predicted octanol–water partition coefficient (Wildman–Crippen LogP) is 5.30. The van der Waals surface area contributed by atoms with E-state index in [1.807, 2.05) is 22.6 Å². The normalized spacial score (nSPS) is 10.4. The summed E-state index contributed by atoms with van der Waals surface area (Å²) < 4.78 is 35.0. The van der Waals surface area contributed by atoms with Gasteiger partial charge in [-0.25, -0.2) is 13.6 Å². The van der Waals surface area contributed by atoms with Gasteiger partial charge in [0.25, 0.3) is 5.91 Å². The molecule has 0 aliphatic heterocycles. The number of rotatable bonds is 6. The smallest absolute Gasteiger partial charge is 0.321 e. The van der Waals surface area contributed by atoms with E-state index in [9.17, 15) is 18.4 Å². The Morgan fingerprint density at radius 3 is 2.44 bits per heavy atom. The van der Waals surface area contributed by atoms with Crippen molar-refractivity contribution in [3.8, 4) is 11.5 Å². The summed E-state index contributed by atoms with van der Waals surface area (Å²) in [5.74, 6) is -2.15. The van der Waals surface area contributed by atoms with Crippen molar-refractivity contribution in [1.82, 2.24) is 4.90 Å². The fraction of sp³-hybridized carbons (Fsp3) is 0.0909. The van der Waals surface area contributed by atoms with Crippen molar-refractivity contribution in [3.05, 3.63) is 75.4 Å². The molecule has 0 unspecified atom stereocenters. The average Bonchev–Trinajstić information content (AvgIpc) is 2.69. The van der Waals surface area contributed by atoms with Gasteiger partial charge in [0.2, 0.25) is 0 Å². The molecule has 32 heavy (non-hydrogen) atoms. The van der Waals surface area contributed by atoms with E-state index >= 15 is 0 Å². The number of primary amides is 1. The minimum absolute atomic E-state index is 0.0397. The van der Waals surface area contributed by atoms with Gasteiger partial charge in [0.15, 0.2) is 0 Å². The summed E-state index contributed by atoms with van der Waals surface area (Å²) in [4.78, 5) is 25.4. The highest BCUT2D eigenvalue weighted by Crippen LogP contribution is 2.34. The number of carbonyl (C=O) groups is 2. The first-order chi connectivity index (χ1) is 15.1. The second-order valence-electron chi connectivity index (χ2n) is 6.89. The highest BCUT2D eigenvalue weighted by Gasteiger charge is 2.20. The maximum atomic E-state index is 14.4. The molecule has 0 heterocycles. The SMILES string of the molecule is CN(C)C(=O)Nc1cccc(Oc2cc(F)cc(Nc3ccc(I)cc3F)c2C(N)=O)c1. The molecule has 0 aliphatic rings. The molecule has 10 heteroatoms. The fourth-order valence-corrected chi connectivity index (χ4v) is 3.20. The molecule has 3 aromatic carbocycles. The van der Waals surface area contributed by atoms with E-state index in [0.717, 1.165) is 12.1 Å². The number of carbonyl (C=O) groups excluding carboxylic acids is 2. The second-order valence-corrected chi connectivity index (χ2v) is 8.14. The molecule has 3 amide bonds. The van der Waals surface area contributed by atoms with Gasteiger partial charge in [-0.3, -0.25) is 4.79 Å². The Labute approximate surface area is 196 Å². The lowest BCUT2D eigenvalue weighted by molar-refractivity contribution is 0.0999. The summed E-state index contributed by atoms with van der Waals surface area (Å²) in [6.45, 7) is 0. The van der Waals surface area contributed by atoms with Crippen molar-refractivity contribution in [2.24, 2.45) is 5.73 Å². The molecule has 0 radical (unpaired) electrons. The molecule has 166 valence electrons. The predicted molar refractivity (Wildman–Crippen MR) is 127 cm³/mol. The largest absolute Gasteiger partial charge is 0.456 e. The van der Waals surface area contributed by atoms with Gasteiger partial charge in [-0.2, -0.15) is 0 Å². The Morgan fingerprint density at radius 2 is 1.78 bits per heavy atom. The van der Waals surface area contributed by atoms with Gasteiger partial charge in [0.05, 0.1) is 11.4 Å². The minimum Gasteiger partial charge on any atom is -0.456 e. The Balaban J connectivity index is 1.97. The number of halogens is 3. The van der Waals surface area contributed by atoms with Gasteiger partial charge in [0, 0.05) is 35.5 Å². The van der Waals surface area contributed by atoms with Crippen molar-refractivity contribution in [1.29, 1.82) is 0 Å². The van der Waals surface area contributed by atoms with Crippen molar-refractivity contribution < 1.29 is 23.1 Å². The van der Waals surface area contributed by atoms with Crippen LogP contribution in [-0.2, 0) is 0 Å². The van der Waals surface area contributed by atoms with E-state index in [2.05, 4.69) is 10.6 Å². The molecule has 0 saturated heterocycles. The number of ether oxygens (including phenoxy) is 1. The van der Waals surface area contributed by atoms with Crippen LogP contribution in [0.2, 0.25) is 0 Å². The van der Waals surface area contributed by atoms with E-state index in [4.69, 9.17) is 10.5 Å². The zero-order valence-electron chi connectivity index (χ0n) is 17.1. The van der Waals surface area contributed by atoms with Crippen LogP contribution >= 0.6 is 22.6 Å². The number of nitrogens with two attached hydrogens (primary N) is 1. The summed E-state index contributed by atoms with van der Waals surface area (Å²) in [5.41, 5.74) is 5.78. The number of amides is 3. The molecular weight excluding hydrogens is 533 g/mol. The van der Waals surface area contributed by atoms with Gasteiger partial charge < -0.3 is 26.0 Å². The van der Waals surface area contributed by atoms with Crippen LogP contribution in [0.1, 0.15) is 10.4 Å². The lowest BCUT2D eigenvalue weighted by Crippen LogP contribution is -2.27. The van der Waals surface area contributed by atoms with Crippen LogP contribution < -0.4 is 21.1 Å². The van der Waals surface area contributed by atoms with E-state index in [0.29, 0.717) is 9.26 Å². The molecule has 0 bridgehead atoms. The molecule has 3 aromatic rings. The standard InChI is InChI=1S/C22H19F2IN4O3/c1-29(2)22(31)27-14-4-3-5-15(11-14)32-19-9-12(23)8-18(20(19)21(26)30)28-17-7-6-13(25)10-16(17)24/h3-11,28H,1-2H3,(H2,26,30)(H,27,31). The Morgan fingerprint density at radius 1 is 1.03 bits per heavy atom. The van der Waals surface area contributed by atoms with Crippen LogP contribution in [-0.4, -0.2) is 30.9 Å². The van der Waals surface area contributed by atoms with Gasteiger partial charge in [-0.15, -0.1) is 0 Å².